The second-order valence-corrected chi connectivity index (χ2v) is 8.77. The van der Waals surface area contributed by atoms with Crippen molar-refractivity contribution < 1.29 is 18.3 Å². The van der Waals surface area contributed by atoms with Gasteiger partial charge in [0.05, 0.1) is 29.5 Å². The molecule has 0 fully saturated rings. The van der Waals surface area contributed by atoms with Crippen molar-refractivity contribution in [2.24, 2.45) is 0 Å². The van der Waals surface area contributed by atoms with Gasteiger partial charge in [-0.15, -0.1) is 0 Å². The number of benzene rings is 2. The maximum atomic E-state index is 13.2. The first-order valence-corrected chi connectivity index (χ1v) is 10.5. The first-order valence-electron chi connectivity index (χ1n) is 8.25. The van der Waals surface area contributed by atoms with Gasteiger partial charge in [-0.05, 0) is 29.8 Å². The number of halogens is 1. The third-order valence-electron chi connectivity index (χ3n) is 4.51. The highest BCUT2D eigenvalue weighted by Gasteiger charge is 2.35. The maximum Gasteiger partial charge on any atom is 0.259 e. The van der Waals surface area contributed by atoms with E-state index in [1.54, 1.807) is 30.3 Å². The van der Waals surface area contributed by atoms with E-state index in [0.717, 1.165) is 6.26 Å². The van der Waals surface area contributed by atoms with E-state index in [4.69, 9.17) is 17.3 Å². The lowest BCUT2D eigenvalue weighted by atomic mass is 10.1. The first kappa shape index (κ1) is 19.6. The van der Waals surface area contributed by atoms with Crippen molar-refractivity contribution in [2.75, 3.05) is 30.0 Å². The molecule has 3 N–H and O–H groups in total. The number of sulfonamides is 1. The van der Waals surface area contributed by atoms with Gasteiger partial charge in [-0.1, -0.05) is 29.8 Å². The minimum Gasteiger partial charge on any atom is -0.399 e. The topological polar surface area (TPSA) is 104 Å². The van der Waals surface area contributed by atoms with Gasteiger partial charge in [-0.2, -0.15) is 4.31 Å². The van der Waals surface area contributed by atoms with Crippen LogP contribution in [-0.4, -0.2) is 49.2 Å². The van der Waals surface area contributed by atoms with E-state index in [2.05, 4.69) is 0 Å². The zero-order chi connectivity index (χ0) is 19.8. The maximum absolute atomic E-state index is 13.2. The number of nitrogens with zero attached hydrogens (tertiary/aromatic N) is 2. The minimum atomic E-state index is -3.59. The van der Waals surface area contributed by atoms with Crippen LogP contribution in [0, 0.1) is 0 Å². The number of aliphatic hydroxyl groups is 1. The van der Waals surface area contributed by atoms with Crippen molar-refractivity contribution in [3.63, 3.8) is 0 Å². The molecule has 1 amide bonds. The third-order valence-corrected chi connectivity index (χ3v) is 6.11. The Morgan fingerprint density at radius 2 is 2.00 bits per heavy atom. The number of fused-ring (bicyclic) bond motifs is 1. The highest BCUT2D eigenvalue weighted by atomic mass is 35.5. The number of aliphatic hydroxyl groups excluding tert-OH is 1. The van der Waals surface area contributed by atoms with E-state index in [0.29, 0.717) is 16.9 Å². The molecule has 0 unspecified atom stereocenters. The van der Waals surface area contributed by atoms with Crippen LogP contribution >= 0.6 is 11.6 Å². The Kier molecular flexibility index (Phi) is 5.43. The molecule has 1 atom stereocenters. The van der Waals surface area contributed by atoms with Crippen molar-refractivity contribution in [2.45, 2.75) is 12.6 Å². The molecule has 0 saturated heterocycles. The molecule has 7 nitrogen and oxygen atoms in total. The molecular formula is C18H20ClN3O4S. The normalized spacial score (nSPS) is 18.0. The summed E-state index contributed by atoms with van der Waals surface area (Å²) in [5.41, 5.74) is 7.64. The van der Waals surface area contributed by atoms with Gasteiger partial charge in [-0.25, -0.2) is 8.42 Å². The third kappa shape index (κ3) is 3.93. The summed E-state index contributed by atoms with van der Waals surface area (Å²) in [5, 5.41) is 10.0. The Morgan fingerprint density at radius 1 is 1.30 bits per heavy atom. The van der Waals surface area contributed by atoms with E-state index < -0.39 is 22.7 Å². The summed E-state index contributed by atoms with van der Waals surface area (Å²) in [6.07, 6.45) is 1.09. The number of anilines is 2. The van der Waals surface area contributed by atoms with Gasteiger partial charge in [-0.3, -0.25) is 4.79 Å². The van der Waals surface area contributed by atoms with E-state index in [9.17, 15) is 18.3 Å². The molecule has 144 valence electrons. The van der Waals surface area contributed by atoms with Crippen LogP contribution in [0.5, 0.6) is 0 Å². The minimum absolute atomic E-state index is 0.000121. The lowest BCUT2D eigenvalue weighted by Gasteiger charge is -2.29. The zero-order valence-corrected chi connectivity index (χ0v) is 16.2. The second-order valence-electron chi connectivity index (χ2n) is 6.43. The summed E-state index contributed by atoms with van der Waals surface area (Å²) >= 11 is 6.20. The lowest BCUT2D eigenvalue weighted by Crippen LogP contribution is -2.47. The van der Waals surface area contributed by atoms with E-state index >= 15 is 0 Å². The van der Waals surface area contributed by atoms with Crippen molar-refractivity contribution >= 4 is 38.9 Å². The average Bonchev–Trinajstić information content (AvgIpc) is 2.78. The molecule has 27 heavy (non-hydrogen) atoms. The molecule has 0 radical (unpaired) electrons. The van der Waals surface area contributed by atoms with Crippen molar-refractivity contribution in [1.82, 2.24) is 4.31 Å². The van der Waals surface area contributed by atoms with E-state index in [1.165, 1.54) is 21.3 Å². The van der Waals surface area contributed by atoms with Crippen molar-refractivity contribution in [1.29, 1.82) is 0 Å². The molecule has 3 rings (SSSR count). The fourth-order valence-electron chi connectivity index (χ4n) is 3.18. The number of nitrogen functional groups attached to an aromatic ring is 1. The van der Waals surface area contributed by atoms with Crippen LogP contribution in [-0.2, 0) is 16.6 Å². The largest absolute Gasteiger partial charge is 0.399 e. The standard InChI is InChI=1S/C18H20ClN3O4S/c1-27(25,26)22-9-12-4-2-3-5-17(12)21(10-14(22)11-23)18(24)15-7-6-13(20)8-16(15)19/h2-8,14,23H,9-11,20H2,1H3/t14-/m0/s1. The fraction of sp³-hybridized carbons (Fsp3) is 0.278. The summed E-state index contributed by atoms with van der Waals surface area (Å²) in [4.78, 5) is 14.7. The molecule has 0 bridgehead atoms. The van der Waals surface area contributed by atoms with Crippen LogP contribution in [0.2, 0.25) is 5.02 Å². The molecule has 1 heterocycles. The molecule has 0 spiro atoms. The highest BCUT2D eigenvalue weighted by Crippen LogP contribution is 2.31. The molecule has 0 saturated carbocycles. The molecule has 1 aliphatic rings. The molecule has 0 aliphatic carbocycles. The number of rotatable bonds is 3. The number of hydrogen-bond donors (Lipinski definition) is 2. The zero-order valence-electron chi connectivity index (χ0n) is 14.7. The summed E-state index contributed by atoms with van der Waals surface area (Å²) in [6, 6.07) is 10.9. The highest BCUT2D eigenvalue weighted by molar-refractivity contribution is 7.88. The van der Waals surface area contributed by atoms with Crippen LogP contribution < -0.4 is 10.6 Å². The summed E-state index contributed by atoms with van der Waals surface area (Å²) in [7, 11) is -3.59. The van der Waals surface area contributed by atoms with Gasteiger partial charge in [0, 0.05) is 24.5 Å². The van der Waals surface area contributed by atoms with Gasteiger partial charge < -0.3 is 15.7 Å². The molecule has 0 aromatic heterocycles. The molecule has 1 aliphatic heterocycles. The summed E-state index contributed by atoms with van der Waals surface area (Å²) in [5.74, 6) is -0.388. The van der Waals surface area contributed by atoms with Gasteiger partial charge in [0.2, 0.25) is 10.0 Å². The molecule has 9 heteroatoms. The number of carbonyl (C=O) groups excluding carboxylic acids is 1. The van der Waals surface area contributed by atoms with Gasteiger partial charge in [0.25, 0.3) is 5.91 Å². The van der Waals surface area contributed by atoms with Crippen LogP contribution in [0.25, 0.3) is 0 Å². The van der Waals surface area contributed by atoms with Crippen LogP contribution in [0.1, 0.15) is 15.9 Å². The first-order chi connectivity index (χ1) is 12.7. The van der Waals surface area contributed by atoms with Crippen LogP contribution in [0.3, 0.4) is 0 Å². The van der Waals surface area contributed by atoms with Gasteiger partial charge in [0.1, 0.15) is 0 Å². The van der Waals surface area contributed by atoms with Crippen molar-refractivity contribution in [3.05, 3.63) is 58.6 Å². The Morgan fingerprint density at radius 3 is 2.63 bits per heavy atom. The number of carbonyl (C=O) groups is 1. The Labute approximate surface area is 163 Å². The predicted molar refractivity (Wildman–Crippen MR) is 105 cm³/mol. The molecule has 2 aromatic carbocycles. The summed E-state index contributed by atoms with van der Waals surface area (Å²) in [6.45, 7) is -0.347. The lowest BCUT2D eigenvalue weighted by molar-refractivity contribution is 0.0976. The fourth-order valence-corrected chi connectivity index (χ4v) is 4.50. The number of hydrogen-bond acceptors (Lipinski definition) is 5. The average molecular weight is 410 g/mol. The van der Waals surface area contributed by atoms with Crippen LogP contribution in [0.4, 0.5) is 11.4 Å². The van der Waals surface area contributed by atoms with Gasteiger partial charge >= 0.3 is 0 Å². The number of para-hydroxylation sites is 1. The second kappa shape index (κ2) is 7.47. The monoisotopic (exact) mass is 409 g/mol. The van der Waals surface area contributed by atoms with E-state index in [-0.39, 0.29) is 29.6 Å². The Balaban J connectivity index is 2.10. The Bertz CT molecular complexity index is 980. The molecule has 2 aromatic rings. The van der Waals surface area contributed by atoms with Crippen molar-refractivity contribution in [3.8, 4) is 0 Å². The van der Waals surface area contributed by atoms with E-state index in [1.807, 2.05) is 0 Å². The predicted octanol–water partition coefficient (Wildman–Crippen LogP) is 1.71. The number of nitrogens with two attached hydrogens (primary N) is 1. The quantitative estimate of drug-likeness (QED) is 0.751. The number of amides is 1. The summed E-state index contributed by atoms with van der Waals surface area (Å²) < 4.78 is 25.7. The van der Waals surface area contributed by atoms with Gasteiger partial charge in [0.15, 0.2) is 0 Å². The smallest absolute Gasteiger partial charge is 0.259 e. The SMILES string of the molecule is CS(=O)(=O)N1Cc2ccccc2N(C(=O)c2ccc(N)cc2Cl)C[C@H]1CO. The van der Waals surface area contributed by atoms with Crippen LogP contribution in [0.15, 0.2) is 42.5 Å². The Hall–Kier alpha value is -2.13. The molecular weight excluding hydrogens is 390 g/mol.